The molecule has 1 fully saturated rings. The topological polar surface area (TPSA) is 50.4 Å². The van der Waals surface area contributed by atoms with Gasteiger partial charge in [-0.2, -0.15) is 0 Å². The minimum Gasteiger partial charge on any atom is -0.489 e. The summed E-state index contributed by atoms with van der Waals surface area (Å²) in [7, 11) is 0. The molecule has 1 aromatic heterocycles. The Labute approximate surface area is 154 Å². The highest BCUT2D eigenvalue weighted by atomic mass is 32.1. The van der Waals surface area contributed by atoms with Crippen molar-refractivity contribution < 1.29 is 12.4 Å². The van der Waals surface area contributed by atoms with Crippen LogP contribution in [0.15, 0.2) is 29.6 Å². The highest BCUT2D eigenvalue weighted by molar-refractivity contribution is 7.10. The van der Waals surface area contributed by atoms with Crippen molar-refractivity contribution in [3.8, 4) is 17.6 Å². The number of benzene rings is 1. The number of Topliss-reactive ketones (excluding diaryl/α,β-unsaturated/α-hetero) is 1. The summed E-state index contributed by atoms with van der Waals surface area (Å²) < 4.78 is 5.95. The molecule has 1 saturated heterocycles. The first kappa shape index (κ1) is 16.3. The predicted octanol–water partition coefficient (Wildman–Crippen LogP) is 2.86. The Morgan fingerprint density at radius 2 is 2.28 bits per heavy atom. The molecule has 0 saturated carbocycles. The predicted molar refractivity (Wildman–Crippen MR) is 104 cm³/mol. The summed E-state index contributed by atoms with van der Waals surface area (Å²) in [6.07, 6.45) is 2.14. The van der Waals surface area contributed by atoms with Crippen LogP contribution in [0.4, 0.5) is 0 Å². The highest BCUT2D eigenvalue weighted by Crippen LogP contribution is 2.25. The molecule has 2 aliphatic rings. The molecule has 0 amide bonds. The third-order valence-electron chi connectivity index (χ3n) is 4.53. The van der Waals surface area contributed by atoms with E-state index in [1.165, 1.54) is 10.4 Å². The molecular formula is C20H24N2O2S. The van der Waals surface area contributed by atoms with Crippen LogP contribution in [0.5, 0.6) is 5.75 Å². The van der Waals surface area contributed by atoms with E-state index in [0.717, 1.165) is 55.9 Å². The SMILES string of the molecule is O=C(C#Cc1cccc(OC2CCNC2)c1)c1csc2c1CCNC2.[HH].[HH]. The van der Waals surface area contributed by atoms with Crippen molar-refractivity contribution in [2.24, 2.45) is 0 Å². The number of carbonyl (C=O) groups excluding carboxylic acids is 1. The molecular weight excluding hydrogens is 332 g/mol. The Kier molecular flexibility index (Phi) is 4.84. The monoisotopic (exact) mass is 356 g/mol. The second kappa shape index (κ2) is 7.40. The van der Waals surface area contributed by atoms with Crippen LogP contribution in [-0.2, 0) is 13.0 Å². The van der Waals surface area contributed by atoms with E-state index in [1.807, 2.05) is 29.6 Å². The van der Waals surface area contributed by atoms with Crippen molar-refractivity contribution in [2.45, 2.75) is 25.5 Å². The van der Waals surface area contributed by atoms with Crippen LogP contribution in [-0.4, -0.2) is 31.5 Å². The summed E-state index contributed by atoms with van der Waals surface area (Å²) in [6, 6.07) is 7.68. The molecule has 1 atom stereocenters. The third-order valence-corrected chi connectivity index (χ3v) is 5.56. The summed E-state index contributed by atoms with van der Waals surface area (Å²) in [5.41, 5.74) is 2.76. The Morgan fingerprint density at radius 3 is 3.16 bits per heavy atom. The maximum atomic E-state index is 12.5. The smallest absolute Gasteiger partial charge is 0.237 e. The lowest BCUT2D eigenvalue weighted by atomic mass is 10.0. The molecule has 132 valence electrons. The summed E-state index contributed by atoms with van der Waals surface area (Å²) in [5, 5.41) is 8.56. The number of hydrogen-bond acceptors (Lipinski definition) is 5. The molecule has 4 rings (SSSR count). The number of nitrogens with one attached hydrogen (secondary N) is 2. The zero-order chi connectivity index (χ0) is 17.1. The summed E-state index contributed by atoms with van der Waals surface area (Å²) in [6.45, 7) is 3.66. The fourth-order valence-corrected chi connectivity index (χ4v) is 4.26. The molecule has 0 spiro atoms. The Bertz CT molecular complexity index is 851. The van der Waals surface area contributed by atoms with Crippen molar-refractivity contribution in [3.05, 3.63) is 51.2 Å². The third kappa shape index (κ3) is 3.77. The van der Waals surface area contributed by atoms with Gasteiger partial charge in [0, 0.05) is 37.3 Å². The molecule has 25 heavy (non-hydrogen) atoms. The first-order valence-electron chi connectivity index (χ1n) is 8.63. The lowest BCUT2D eigenvalue weighted by Crippen LogP contribution is -2.23. The van der Waals surface area contributed by atoms with E-state index in [4.69, 9.17) is 4.74 Å². The lowest BCUT2D eigenvalue weighted by Gasteiger charge is -2.13. The molecule has 2 aliphatic heterocycles. The average molecular weight is 356 g/mol. The van der Waals surface area contributed by atoms with Crippen molar-refractivity contribution in [3.63, 3.8) is 0 Å². The molecule has 3 heterocycles. The van der Waals surface area contributed by atoms with E-state index < -0.39 is 0 Å². The van der Waals surface area contributed by atoms with Gasteiger partial charge in [-0.3, -0.25) is 4.79 Å². The van der Waals surface area contributed by atoms with Gasteiger partial charge in [0.2, 0.25) is 5.78 Å². The van der Waals surface area contributed by atoms with Gasteiger partial charge in [-0.05, 0) is 55.6 Å². The van der Waals surface area contributed by atoms with Crippen molar-refractivity contribution in [2.75, 3.05) is 19.6 Å². The lowest BCUT2D eigenvalue weighted by molar-refractivity contribution is 0.105. The fraction of sp³-hybridized carbons (Fsp3) is 0.350. The van der Waals surface area contributed by atoms with Crippen LogP contribution in [0.25, 0.3) is 0 Å². The first-order chi connectivity index (χ1) is 12.3. The van der Waals surface area contributed by atoms with Gasteiger partial charge >= 0.3 is 0 Å². The van der Waals surface area contributed by atoms with Gasteiger partial charge in [0.1, 0.15) is 11.9 Å². The molecule has 2 N–H and O–H groups in total. The van der Waals surface area contributed by atoms with Crippen LogP contribution < -0.4 is 15.4 Å². The second-order valence-electron chi connectivity index (χ2n) is 6.32. The first-order valence-corrected chi connectivity index (χ1v) is 9.51. The normalized spacial score (nSPS) is 19.0. The molecule has 1 unspecified atom stereocenters. The number of hydrogen-bond donors (Lipinski definition) is 2. The van der Waals surface area contributed by atoms with Gasteiger partial charge < -0.3 is 15.4 Å². The number of rotatable bonds is 3. The largest absolute Gasteiger partial charge is 0.489 e. The number of carbonyl (C=O) groups is 1. The summed E-state index contributed by atoms with van der Waals surface area (Å²) >= 11 is 1.65. The maximum Gasteiger partial charge on any atom is 0.237 e. The molecule has 5 heteroatoms. The highest BCUT2D eigenvalue weighted by Gasteiger charge is 2.19. The van der Waals surface area contributed by atoms with Crippen LogP contribution in [0.3, 0.4) is 0 Å². The van der Waals surface area contributed by atoms with Crippen LogP contribution in [0, 0.1) is 11.8 Å². The van der Waals surface area contributed by atoms with E-state index in [-0.39, 0.29) is 14.7 Å². The standard InChI is InChI=1S/C20H20N2O2S.2H2/c23-19(18-13-25-20-12-22-9-7-17(18)20)5-4-14-2-1-3-15(10-14)24-16-6-8-21-11-16;;/h1-3,10,13,16,21-22H,6-9,11-12H2;2*1H. The van der Waals surface area contributed by atoms with E-state index in [9.17, 15) is 4.79 Å². The fourth-order valence-electron chi connectivity index (χ4n) is 3.22. The number of ether oxygens (including phenoxy) is 1. The molecule has 1 aromatic carbocycles. The Morgan fingerprint density at radius 1 is 1.32 bits per heavy atom. The quantitative estimate of drug-likeness (QED) is 0.656. The maximum absolute atomic E-state index is 12.5. The van der Waals surface area contributed by atoms with Crippen molar-refractivity contribution >= 4 is 17.1 Å². The minimum absolute atomic E-state index is 0. The van der Waals surface area contributed by atoms with Crippen LogP contribution >= 0.6 is 11.3 Å². The number of fused-ring (bicyclic) bond motifs is 1. The minimum atomic E-state index is -0.0919. The van der Waals surface area contributed by atoms with Crippen LogP contribution in [0.1, 0.15) is 35.6 Å². The summed E-state index contributed by atoms with van der Waals surface area (Å²) in [4.78, 5) is 13.7. The van der Waals surface area contributed by atoms with E-state index >= 15 is 0 Å². The molecule has 0 aliphatic carbocycles. The van der Waals surface area contributed by atoms with Gasteiger partial charge in [-0.1, -0.05) is 12.0 Å². The van der Waals surface area contributed by atoms with Gasteiger partial charge in [0.25, 0.3) is 0 Å². The molecule has 2 aromatic rings. The van der Waals surface area contributed by atoms with Gasteiger partial charge in [-0.25, -0.2) is 0 Å². The molecule has 4 nitrogen and oxygen atoms in total. The zero-order valence-electron chi connectivity index (χ0n) is 13.9. The van der Waals surface area contributed by atoms with Crippen LogP contribution in [0.2, 0.25) is 0 Å². The molecule has 0 radical (unpaired) electrons. The number of ketones is 1. The number of thiophene rings is 1. The van der Waals surface area contributed by atoms with E-state index in [0.29, 0.717) is 0 Å². The average Bonchev–Trinajstić information content (AvgIpc) is 3.29. The molecule has 0 bridgehead atoms. The van der Waals surface area contributed by atoms with E-state index in [2.05, 4.69) is 22.5 Å². The van der Waals surface area contributed by atoms with Crippen molar-refractivity contribution in [1.29, 1.82) is 0 Å². The zero-order valence-corrected chi connectivity index (χ0v) is 14.7. The summed E-state index contributed by atoms with van der Waals surface area (Å²) in [5.74, 6) is 6.52. The van der Waals surface area contributed by atoms with E-state index in [1.54, 1.807) is 11.3 Å². The van der Waals surface area contributed by atoms with Crippen molar-refractivity contribution in [1.82, 2.24) is 10.6 Å². The van der Waals surface area contributed by atoms with Gasteiger partial charge in [0.15, 0.2) is 0 Å². The Balaban J connectivity index is 0.00000131. The Hall–Kier alpha value is -2.13. The van der Waals surface area contributed by atoms with Gasteiger partial charge in [0.05, 0.1) is 0 Å². The van der Waals surface area contributed by atoms with Gasteiger partial charge in [-0.15, -0.1) is 11.3 Å². The second-order valence-corrected chi connectivity index (χ2v) is 7.28.